The van der Waals surface area contributed by atoms with E-state index < -0.39 is 0 Å². The monoisotopic (exact) mass is 211 g/mol. The van der Waals surface area contributed by atoms with Crippen molar-refractivity contribution in [3.63, 3.8) is 0 Å². The van der Waals surface area contributed by atoms with Gasteiger partial charge < -0.3 is 10.1 Å². The van der Waals surface area contributed by atoms with Crippen LogP contribution in [0.5, 0.6) is 0 Å². The molecule has 0 rings (SSSR count). The Kier molecular flexibility index (Phi) is 7.46. The second-order valence-corrected chi connectivity index (χ2v) is 4.52. The molecule has 1 N–H and O–H groups in total. The lowest BCUT2D eigenvalue weighted by atomic mass is 9.95. The van der Waals surface area contributed by atoms with Gasteiger partial charge in [0.15, 0.2) is 0 Å². The van der Waals surface area contributed by atoms with Gasteiger partial charge in [-0.1, -0.05) is 6.92 Å². The Bertz CT molecular complexity index is 193. The van der Waals surface area contributed by atoms with Crippen LogP contribution in [0.4, 0.5) is 0 Å². The molecule has 1 unspecified atom stereocenters. The summed E-state index contributed by atoms with van der Waals surface area (Å²) in [4.78, 5) is 0. The Hall–Kier alpha value is -0.520. The summed E-state index contributed by atoms with van der Waals surface area (Å²) < 4.78 is 5.44. The molecule has 0 aromatic carbocycles. The number of methoxy groups -OCH3 is 1. The van der Waals surface area contributed by atoms with Crippen LogP contribution in [0, 0.1) is 12.3 Å². The van der Waals surface area contributed by atoms with E-state index in [-0.39, 0.29) is 5.60 Å². The van der Waals surface area contributed by atoms with Crippen molar-refractivity contribution in [1.29, 1.82) is 0 Å². The quantitative estimate of drug-likeness (QED) is 0.492. The third-order valence-electron chi connectivity index (χ3n) is 2.66. The van der Waals surface area contributed by atoms with Gasteiger partial charge in [0.25, 0.3) is 0 Å². The average Bonchev–Trinajstić information content (AvgIpc) is 2.18. The van der Waals surface area contributed by atoms with E-state index in [9.17, 15) is 0 Å². The summed E-state index contributed by atoms with van der Waals surface area (Å²) in [5, 5.41) is 3.48. The van der Waals surface area contributed by atoms with Gasteiger partial charge in [-0.2, -0.15) is 0 Å². The van der Waals surface area contributed by atoms with E-state index in [0.29, 0.717) is 6.04 Å². The molecular weight excluding hydrogens is 186 g/mol. The first-order chi connectivity index (χ1) is 7.05. The van der Waals surface area contributed by atoms with Gasteiger partial charge in [-0.15, -0.1) is 12.3 Å². The fourth-order valence-corrected chi connectivity index (χ4v) is 1.69. The summed E-state index contributed by atoms with van der Waals surface area (Å²) in [5.74, 6) is 2.68. The first-order valence-electron chi connectivity index (χ1n) is 5.77. The lowest BCUT2D eigenvalue weighted by Crippen LogP contribution is -2.37. The number of rotatable bonds is 8. The third kappa shape index (κ3) is 7.41. The molecule has 0 aromatic heterocycles. The van der Waals surface area contributed by atoms with Crippen LogP contribution >= 0.6 is 0 Å². The fraction of sp³-hybridized carbons (Fsp3) is 0.846. The highest BCUT2D eigenvalue weighted by atomic mass is 16.5. The molecule has 0 aliphatic rings. The van der Waals surface area contributed by atoms with E-state index in [1.807, 2.05) is 0 Å². The molecule has 0 radical (unpaired) electrons. The van der Waals surface area contributed by atoms with E-state index in [0.717, 1.165) is 32.2 Å². The summed E-state index contributed by atoms with van der Waals surface area (Å²) in [6, 6.07) is 0.512. The third-order valence-corrected chi connectivity index (χ3v) is 2.66. The second-order valence-electron chi connectivity index (χ2n) is 4.52. The van der Waals surface area contributed by atoms with Crippen LogP contribution in [0.3, 0.4) is 0 Å². The van der Waals surface area contributed by atoms with Gasteiger partial charge in [-0.3, -0.25) is 0 Å². The minimum absolute atomic E-state index is 0.0526. The van der Waals surface area contributed by atoms with Gasteiger partial charge in [0.1, 0.15) is 0 Å². The molecule has 0 aromatic rings. The lowest BCUT2D eigenvalue weighted by molar-refractivity contribution is 0.00641. The number of terminal acetylenes is 1. The van der Waals surface area contributed by atoms with Gasteiger partial charge in [0, 0.05) is 19.6 Å². The number of hydrogen-bond donors (Lipinski definition) is 1. The first-order valence-corrected chi connectivity index (χ1v) is 5.77. The van der Waals surface area contributed by atoms with Gasteiger partial charge >= 0.3 is 0 Å². The second kappa shape index (κ2) is 7.73. The van der Waals surface area contributed by atoms with Crippen LogP contribution in [0.1, 0.15) is 46.5 Å². The van der Waals surface area contributed by atoms with Crippen LogP contribution in [0.2, 0.25) is 0 Å². The van der Waals surface area contributed by atoms with E-state index >= 15 is 0 Å². The SMILES string of the molecule is C#CCCCC(CC(C)(C)OC)NCC. The van der Waals surface area contributed by atoms with Crippen molar-refractivity contribution in [2.24, 2.45) is 0 Å². The number of ether oxygens (including phenoxy) is 1. The van der Waals surface area contributed by atoms with Crippen LogP contribution in [-0.4, -0.2) is 25.3 Å². The van der Waals surface area contributed by atoms with Crippen molar-refractivity contribution in [3.05, 3.63) is 0 Å². The Morgan fingerprint density at radius 1 is 1.47 bits per heavy atom. The molecule has 2 heteroatoms. The molecule has 0 amide bonds. The van der Waals surface area contributed by atoms with Gasteiger partial charge in [-0.25, -0.2) is 0 Å². The van der Waals surface area contributed by atoms with E-state index in [2.05, 4.69) is 32.0 Å². The van der Waals surface area contributed by atoms with Crippen molar-refractivity contribution < 1.29 is 4.74 Å². The minimum atomic E-state index is -0.0526. The maximum atomic E-state index is 5.44. The molecule has 0 aliphatic carbocycles. The predicted molar refractivity (Wildman–Crippen MR) is 65.9 cm³/mol. The summed E-state index contributed by atoms with van der Waals surface area (Å²) in [7, 11) is 1.77. The highest BCUT2D eigenvalue weighted by Crippen LogP contribution is 2.18. The molecule has 0 heterocycles. The lowest BCUT2D eigenvalue weighted by Gasteiger charge is -2.29. The van der Waals surface area contributed by atoms with Crippen molar-refractivity contribution in [2.75, 3.05) is 13.7 Å². The van der Waals surface area contributed by atoms with E-state index in [1.165, 1.54) is 0 Å². The smallest absolute Gasteiger partial charge is 0.0637 e. The number of hydrogen-bond acceptors (Lipinski definition) is 2. The highest BCUT2D eigenvalue weighted by Gasteiger charge is 2.21. The summed E-state index contributed by atoms with van der Waals surface area (Å²) in [6.45, 7) is 7.38. The molecule has 2 nitrogen and oxygen atoms in total. The Balaban J connectivity index is 3.98. The average molecular weight is 211 g/mol. The summed E-state index contributed by atoms with van der Waals surface area (Å²) in [6.07, 6.45) is 9.37. The largest absolute Gasteiger partial charge is 0.379 e. The standard InChI is InChI=1S/C13H25NO/c1-6-8-9-10-12(14-7-2)11-13(3,4)15-5/h1,12,14H,7-11H2,2-5H3. The molecule has 1 atom stereocenters. The Morgan fingerprint density at radius 3 is 2.60 bits per heavy atom. The number of unbranched alkanes of at least 4 members (excludes halogenated alkanes) is 1. The zero-order valence-corrected chi connectivity index (χ0v) is 10.6. The van der Waals surface area contributed by atoms with E-state index in [1.54, 1.807) is 7.11 Å². The zero-order chi connectivity index (χ0) is 11.7. The van der Waals surface area contributed by atoms with Gasteiger partial charge in [0.05, 0.1) is 5.60 Å². The molecule has 0 saturated carbocycles. The molecule has 0 fully saturated rings. The first kappa shape index (κ1) is 14.5. The maximum absolute atomic E-state index is 5.44. The topological polar surface area (TPSA) is 21.3 Å². The van der Waals surface area contributed by atoms with Crippen LogP contribution in [-0.2, 0) is 4.74 Å². The van der Waals surface area contributed by atoms with E-state index in [4.69, 9.17) is 11.2 Å². The highest BCUT2D eigenvalue weighted by molar-refractivity contribution is 4.85. The van der Waals surface area contributed by atoms with Gasteiger partial charge in [0.2, 0.25) is 0 Å². The van der Waals surface area contributed by atoms with Gasteiger partial charge in [-0.05, 0) is 39.7 Å². The minimum Gasteiger partial charge on any atom is -0.379 e. The molecule has 15 heavy (non-hydrogen) atoms. The van der Waals surface area contributed by atoms with Crippen LogP contribution < -0.4 is 5.32 Å². The number of nitrogens with one attached hydrogen (secondary N) is 1. The summed E-state index contributed by atoms with van der Waals surface area (Å²) in [5.41, 5.74) is -0.0526. The zero-order valence-electron chi connectivity index (χ0n) is 10.6. The normalized spacial score (nSPS) is 13.5. The van der Waals surface area contributed by atoms with Crippen molar-refractivity contribution >= 4 is 0 Å². The predicted octanol–water partition coefficient (Wildman–Crippen LogP) is 2.58. The molecule has 0 saturated heterocycles. The molecular formula is C13H25NO. The summed E-state index contributed by atoms with van der Waals surface area (Å²) >= 11 is 0. The van der Waals surface area contributed by atoms with Crippen LogP contribution in [0.25, 0.3) is 0 Å². The maximum Gasteiger partial charge on any atom is 0.0637 e. The van der Waals surface area contributed by atoms with Crippen LogP contribution in [0.15, 0.2) is 0 Å². The fourth-order valence-electron chi connectivity index (χ4n) is 1.69. The Morgan fingerprint density at radius 2 is 2.13 bits per heavy atom. The molecule has 0 spiro atoms. The van der Waals surface area contributed by atoms with Crippen molar-refractivity contribution in [1.82, 2.24) is 5.32 Å². The van der Waals surface area contributed by atoms with Crippen molar-refractivity contribution in [2.45, 2.75) is 58.1 Å². The van der Waals surface area contributed by atoms with Crippen molar-refractivity contribution in [3.8, 4) is 12.3 Å². The molecule has 88 valence electrons. The Labute approximate surface area is 94.8 Å². The molecule has 0 aliphatic heterocycles. The molecule has 0 bridgehead atoms.